The van der Waals surface area contributed by atoms with Gasteiger partial charge in [0.05, 0.1) is 25.9 Å². The minimum atomic E-state index is -0.537. The zero-order valence-corrected chi connectivity index (χ0v) is 22.7. The highest BCUT2D eigenvalue weighted by molar-refractivity contribution is 14.1. The van der Waals surface area contributed by atoms with Crippen LogP contribution in [0.5, 0.6) is 11.5 Å². The van der Waals surface area contributed by atoms with Crippen LogP contribution in [-0.2, 0) is 11.4 Å². The van der Waals surface area contributed by atoms with E-state index >= 15 is 0 Å². The monoisotopic (exact) mass is 642 g/mol. The molecular weight excluding hydrogens is 626 g/mol. The van der Waals surface area contributed by atoms with E-state index in [0.29, 0.717) is 44.4 Å². The molecule has 1 fully saturated rings. The molecule has 0 aliphatic carbocycles. The molecule has 1 saturated heterocycles. The topological polar surface area (TPSA) is 67.9 Å². The Kier molecular flexibility index (Phi) is 8.11. The fraction of sp³-hybridized carbons (Fsp3) is 0.120. The summed E-state index contributed by atoms with van der Waals surface area (Å²) in [5, 5.41) is 4.06. The lowest BCUT2D eigenvalue weighted by Crippen LogP contribution is -2.30. The van der Waals surface area contributed by atoms with Crippen molar-refractivity contribution in [1.29, 1.82) is 0 Å². The number of carbonyl (C=O) groups excluding carboxylic acids is 2. The molecule has 180 valence electrons. The van der Waals surface area contributed by atoms with Crippen LogP contribution in [0.15, 0.2) is 60.3 Å². The Bertz CT molecular complexity index is 1330. The summed E-state index contributed by atoms with van der Waals surface area (Å²) in [5.41, 5.74) is 2.09. The molecule has 3 aromatic rings. The van der Waals surface area contributed by atoms with Crippen molar-refractivity contribution in [1.82, 2.24) is 5.32 Å². The molecule has 0 bridgehead atoms. The van der Waals surface area contributed by atoms with Crippen LogP contribution in [0, 0.1) is 3.57 Å². The molecule has 3 amide bonds. The zero-order chi connectivity index (χ0) is 25.1. The minimum Gasteiger partial charge on any atom is -0.490 e. The Labute approximate surface area is 230 Å². The summed E-state index contributed by atoms with van der Waals surface area (Å²) >= 11 is 20.1. The van der Waals surface area contributed by atoms with Crippen LogP contribution < -0.4 is 19.7 Å². The highest BCUT2D eigenvalue weighted by atomic mass is 127. The fourth-order valence-corrected chi connectivity index (χ4v) is 4.61. The number of ether oxygens (including phenoxy) is 2. The summed E-state index contributed by atoms with van der Waals surface area (Å²) in [6, 6.07) is 14.8. The molecule has 1 aliphatic rings. The molecule has 6 nitrogen and oxygen atoms in total. The van der Waals surface area contributed by atoms with Crippen molar-refractivity contribution in [2.75, 3.05) is 11.5 Å². The van der Waals surface area contributed by atoms with E-state index in [1.54, 1.807) is 48.5 Å². The lowest BCUT2D eigenvalue weighted by molar-refractivity contribution is -0.113. The molecule has 4 rings (SSSR count). The predicted molar refractivity (Wildman–Crippen MR) is 147 cm³/mol. The normalized spacial score (nSPS) is 14.4. The molecule has 0 saturated carbocycles. The number of halogens is 4. The first-order valence-electron chi connectivity index (χ1n) is 10.4. The summed E-state index contributed by atoms with van der Waals surface area (Å²) in [7, 11) is 0. The quantitative estimate of drug-likeness (QED) is 0.166. The molecule has 0 aromatic heterocycles. The fourth-order valence-electron chi connectivity index (χ4n) is 3.39. The van der Waals surface area contributed by atoms with Crippen LogP contribution in [0.2, 0.25) is 15.1 Å². The Hall–Kier alpha value is -2.46. The van der Waals surface area contributed by atoms with E-state index in [-0.39, 0.29) is 12.3 Å². The van der Waals surface area contributed by atoms with Gasteiger partial charge in [0.1, 0.15) is 12.3 Å². The number of urea groups is 1. The van der Waals surface area contributed by atoms with Gasteiger partial charge in [0.25, 0.3) is 5.91 Å². The van der Waals surface area contributed by atoms with Crippen molar-refractivity contribution >= 4 is 81.1 Å². The van der Waals surface area contributed by atoms with Crippen molar-refractivity contribution in [3.05, 3.63) is 90.1 Å². The molecule has 35 heavy (non-hydrogen) atoms. The van der Waals surface area contributed by atoms with Gasteiger partial charge in [-0.1, -0.05) is 40.9 Å². The molecule has 0 unspecified atom stereocenters. The lowest BCUT2D eigenvalue weighted by atomic mass is 10.1. The molecule has 3 aromatic carbocycles. The summed E-state index contributed by atoms with van der Waals surface area (Å²) in [6.45, 7) is 2.54. The summed E-state index contributed by atoms with van der Waals surface area (Å²) in [4.78, 5) is 26.5. The molecule has 0 radical (unpaired) electrons. The second kappa shape index (κ2) is 11.1. The first-order chi connectivity index (χ1) is 16.8. The van der Waals surface area contributed by atoms with E-state index in [9.17, 15) is 9.59 Å². The van der Waals surface area contributed by atoms with Crippen molar-refractivity contribution in [3.8, 4) is 11.5 Å². The van der Waals surface area contributed by atoms with Gasteiger partial charge in [-0.25, -0.2) is 9.69 Å². The number of rotatable bonds is 7. The Balaban J connectivity index is 1.59. The highest BCUT2D eigenvalue weighted by Crippen LogP contribution is 2.36. The van der Waals surface area contributed by atoms with E-state index in [4.69, 9.17) is 44.3 Å². The minimum absolute atomic E-state index is 0.146. The van der Waals surface area contributed by atoms with Crippen LogP contribution >= 0.6 is 57.4 Å². The summed E-state index contributed by atoms with van der Waals surface area (Å²) in [6.07, 6.45) is 1.60. The standard InChI is InChI=1S/C25H18Cl3IN2O4/c1-2-34-22-12-15(10-20(29)23(22)35-13-14-3-8-18(27)19(28)9-14)11-21-24(32)31(25(33)30-21)17-6-4-16(26)5-7-17/h3-12H,2,13H2,1H3,(H,30,33)/b21-11+. The van der Waals surface area contributed by atoms with Gasteiger partial charge in [0.15, 0.2) is 11.5 Å². The molecule has 0 spiro atoms. The molecule has 1 heterocycles. The van der Waals surface area contributed by atoms with Crippen molar-refractivity contribution in [2.45, 2.75) is 13.5 Å². The molecule has 1 aliphatic heterocycles. The van der Waals surface area contributed by atoms with Gasteiger partial charge in [-0.3, -0.25) is 4.79 Å². The number of hydrogen-bond acceptors (Lipinski definition) is 4. The van der Waals surface area contributed by atoms with Crippen LogP contribution in [-0.4, -0.2) is 18.5 Å². The largest absolute Gasteiger partial charge is 0.490 e. The number of benzene rings is 3. The van der Waals surface area contributed by atoms with E-state index in [0.717, 1.165) is 14.0 Å². The molecule has 1 N–H and O–H groups in total. The van der Waals surface area contributed by atoms with E-state index in [1.807, 2.05) is 19.1 Å². The Morgan fingerprint density at radius 3 is 2.40 bits per heavy atom. The number of amides is 3. The van der Waals surface area contributed by atoms with E-state index < -0.39 is 11.9 Å². The Morgan fingerprint density at radius 1 is 0.971 bits per heavy atom. The number of nitrogens with one attached hydrogen (secondary N) is 1. The second-order valence-electron chi connectivity index (χ2n) is 7.41. The van der Waals surface area contributed by atoms with Crippen LogP contribution in [0.4, 0.5) is 10.5 Å². The number of imide groups is 1. The predicted octanol–water partition coefficient (Wildman–Crippen LogP) is 7.33. The molecule has 10 heteroatoms. The first kappa shape index (κ1) is 25.6. The lowest BCUT2D eigenvalue weighted by Gasteiger charge is -2.15. The van der Waals surface area contributed by atoms with Gasteiger partial charge < -0.3 is 14.8 Å². The van der Waals surface area contributed by atoms with Gasteiger partial charge in [0.2, 0.25) is 0 Å². The summed E-state index contributed by atoms with van der Waals surface area (Å²) in [5.74, 6) is 0.605. The number of hydrogen-bond donors (Lipinski definition) is 1. The van der Waals surface area contributed by atoms with Crippen molar-refractivity contribution in [3.63, 3.8) is 0 Å². The van der Waals surface area contributed by atoms with E-state index in [1.165, 1.54) is 0 Å². The van der Waals surface area contributed by atoms with Crippen LogP contribution in [0.3, 0.4) is 0 Å². The molecular formula is C25H18Cl3IN2O4. The van der Waals surface area contributed by atoms with Crippen LogP contribution in [0.1, 0.15) is 18.1 Å². The van der Waals surface area contributed by atoms with Gasteiger partial charge in [-0.2, -0.15) is 0 Å². The van der Waals surface area contributed by atoms with Crippen LogP contribution in [0.25, 0.3) is 6.08 Å². The van der Waals surface area contributed by atoms with Gasteiger partial charge in [-0.15, -0.1) is 0 Å². The van der Waals surface area contributed by atoms with Gasteiger partial charge >= 0.3 is 6.03 Å². The third-order valence-electron chi connectivity index (χ3n) is 4.97. The highest BCUT2D eigenvalue weighted by Gasteiger charge is 2.34. The SMILES string of the molecule is CCOc1cc(/C=C2/NC(=O)N(c3ccc(Cl)cc3)C2=O)cc(I)c1OCc1ccc(Cl)c(Cl)c1. The smallest absolute Gasteiger partial charge is 0.333 e. The number of anilines is 1. The zero-order valence-electron chi connectivity index (χ0n) is 18.3. The first-order valence-corrected chi connectivity index (χ1v) is 12.6. The average Bonchev–Trinajstić information content (AvgIpc) is 3.09. The average molecular weight is 644 g/mol. The van der Waals surface area contributed by atoms with Gasteiger partial charge in [0, 0.05) is 5.02 Å². The van der Waals surface area contributed by atoms with Gasteiger partial charge in [-0.05, 0) is 95.2 Å². The van der Waals surface area contributed by atoms with E-state index in [2.05, 4.69) is 27.9 Å². The third kappa shape index (κ3) is 5.86. The second-order valence-corrected chi connectivity index (χ2v) is 9.82. The maximum Gasteiger partial charge on any atom is 0.333 e. The third-order valence-corrected chi connectivity index (χ3v) is 6.77. The maximum atomic E-state index is 12.9. The van der Waals surface area contributed by atoms with Crippen molar-refractivity contribution < 1.29 is 19.1 Å². The van der Waals surface area contributed by atoms with Crippen molar-refractivity contribution in [2.24, 2.45) is 0 Å². The number of nitrogens with zero attached hydrogens (tertiary/aromatic N) is 1. The Morgan fingerprint density at radius 2 is 1.71 bits per heavy atom. The maximum absolute atomic E-state index is 12.9. The molecule has 0 atom stereocenters. The summed E-state index contributed by atoms with van der Waals surface area (Å²) < 4.78 is 12.6. The number of carbonyl (C=O) groups is 2.